The van der Waals surface area contributed by atoms with E-state index in [1.165, 1.54) is 0 Å². The molecule has 0 atom stereocenters. The Kier molecular flexibility index (Phi) is 5.99. The number of hydrogen-bond donors (Lipinski definition) is 1. The third-order valence-corrected chi connectivity index (χ3v) is 4.77. The average Bonchev–Trinajstić information content (AvgIpc) is 2.69. The summed E-state index contributed by atoms with van der Waals surface area (Å²) in [6.45, 7) is 7.47. The molecule has 2 aromatic carbocycles. The summed E-state index contributed by atoms with van der Waals surface area (Å²) in [7, 11) is 0. The van der Waals surface area contributed by atoms with Gasteiger partial charge < -0.3 is 14.4 Å². The van der Waals surface area contributed by atoms with Crippen LogP contribution in [0.25, 0.3) is 28.9 Å². The fourth-order valence-electron chi connectivity index (χ4n) is 3.35. The number of hydrogen-bond acceptors (Lipinski definition) is 4. The van der Waals surface area contributed by atoms with Gasteiger partial charge in [-0.25, -0.2) is 4.79 Å². The van der Waals surface area contributed by atoms with E-state index in [1.807, 2.05) is 54.6 Å². The molecule has 144 valence electrons. The summed E-state index contributed by atoms with van der Waals surface area (Å²) in [5, 5.41) is 11.9. The molecule has 0 amide bonds. The number of fused-ring (bicyclic) bond motifs is 1. The molecule has 28 heavy (non-hydrogen) atoms. The molecule has 1 aromatic heterocycles. The summed E-state index contributed by atoms with van der Waals surface area (Å²) in [6.07, 6.45) is 5.39. The Bertz CT molecular complexity index is 1170. The zero-order chi connectivity index (χ0) is 20.1. The first-order valence-corrected chi connectivity index (χ1v) is 9.50. The van der Waals surface area contributed by atoms with E-state index in [-0.39, 0.29) is 5.76 Å². The summed E-state index contributed by atoms with van der Waals surface area (Å²) in [4.78, 5) is 14.8. The SMILES string of the molecule is CCN(CC)c1ccc2c(=C(C)O)c(=CC=Cc3ccccc3)c(=O)oc2c1. The number of nitrogens with zero attached hydrogens (tertiary/aromatic N) is 1. The third kappa shape index (κ3) is 4.01. The van der Waals surface area contributed by atoms with Gasteiger partial charge in [0.1, 0.15) is 5.58 Å². The topological polar surface area (TPSA) is 53.7 Å². The smallest absolute Gasteiger partial charge is 0.344 e. The fourth-order valence-corrected chi connectivity index (χ4v) is 3.35. The monoisotopic (exact) mass is 375 g/mol. The van der Waals surface area contributed by atoms with Crippen molar-refractivity contribution < 1.29 is 9.52 Å². The lowest BCUT2D eigenvalue weighted by Crippen LogP contribution is -2.39. The summed E-state index contributed by atoms with van der Waals surface area (Å²) in [6, 6.07) is 15.6. The van der Waals surface area contributed by atoms with Crippen LogP contribution in [0.15, 0.2) is 63.8 Å². The first-order valence-electron chi connectivity index (χ1n) is 9.50. The van der Waals surface area contributed by atoms with Gasteiger partial charge in [-0.2, -0.15) is 0 Å². The molecule has 0 aliphatic carbocycles. The van der Waals surface area contributed by atoms with Crippen LogP contribution in [0.1, 0.15) is 26.3 Å². The molecule has 0 saturated heterocycles. The fraction of sp³-hybridized carbons (Fsp3) is 0.208. The number of benzene rings is 2. The lowest BCUT2D eigenvalue weighted by atomic mass is 10.1. The molecular weight excluding hydrogens is 350 g/mol. The normalized spacial score (nSPS) is 13.3. The van der Waals surface area contributed by atoms with Crippen molar-refractivity contribution in [2.24, 2.45) is 0 Å². The van der Waals surface area contributed by atoms with Crippen LogP contribution in [0.5, 0.6) is 0 Å². The molecule has 0 radical (unpaired) electrons. The molecule has 1 N–H and O–H groups in total. The minimum Gasteiger partial charge on any atom is -0.512 e. The van der Waals surface area contributed by atoms with Crippen molar-refractivity contribution >= 4 is 34.6 Å². The minimum absolute atomic E-state index is 0.0906. The summed E-state index contributed by atoms with van der Waals surface area (Å²) in [5.74, 6) is 0.0906. The van der Waals surface area contributed by atoms with Gasteiger partial charge in [0, 0.05) is 35.4 Å². The maximum atomic E-state index is 12.7. The van der Waals surface area contributed by atoms with Crippen molar-refractivity contribution in [3.8, 4) is 0 Å². The molecule has 0 spiro atoms. The van der Waals surface area contributed by atoms with Gasteiger partial charge in [0.25, 0.3) is 0 Å². The Balaban J connectivity index is 2.21. The highest BCUT2D eigenvalue weighted by Crippen LogP contribution is 2.19. The lowest BCUT2D eigenvalue weighted by molar-refractivity contribution is 0.496. The van der Waals surface area contributed by atoms with E-state index in [1.54, 1.807) is 19.1 Å². The highest BCUT2D eigenvalue weighted by Gasteiger charge is 2.09. The van der Waals surface area contributed by atoms with E-state index in [2.05, 4.69) is 18.7 Å². The first kappa shape index (κ1) is 19.5. The van der Waals surface area contributed by atoms with Gasteiger partial charge in [0.2, 0.25) is 0 Å². The predicted molar refractivity (Wildman–Crippen MR) is 117 cm³/mol. The van der Waals surface area contributed by atoms with Crippen molar-refractivity contribution in [1.82, 2.24) is 0 Å². The van der Waals surface area contributed by atoms with Crippen LogP contribution < -0.4 is 21.0 Å². The Morgan fingerprint density at radius 1 is 1.11 bits per heavy atom. The quantitative estimate of drug-likeness (QED) is 0.689. The lowest BCUT2D eigenvalue weighted by Gasteiger charge is -2.21. The standard InChI is InChI=1S/C24H25NO3/c1-4-25(5-2)19-14-15-20-22(16-19)28-24(27)21(23(20)17(3)26)13-9-12-18-10-7-6-8-11-18/h6-16,26H,4-5H2,1-3H3. The van der Waals surface area contributed by atoms with Crippen LogP contribution in [-0.2, 0) is 0 Å². The van der Waals surface area contributed by atoms with Crippen LogP contribution in [0.3, 0.4) is 0 Å². The second-order valence-electron chi connectivity index (χ2n) is 6.55. The van der Waals surface area contributed by atoms with E-state index >= 15 is 0 Å². The van der Waals surface area contributed by atoms with E-state index in [4.69, 9.17) is 4.42 Å². The summed E-state index contributed by atoms with van der Waals surface area (Å²) < 4.78 is 5.59. The molecule has 0 aliphatic heterocycles. The van der Waals surface area contributed by atoms with Gasteiger partial charge in [-0.3, -0.25) is 0 Å². The Morgan fingerprint density at radius 2 is 1.82 bits per heavy atom. The van der Waals surface area contributed by atoms with Crippen molar-refractivity contribution in [3.63, 3.8) is 0 Å². The van der Waals surface area contributed by atoms with Crippen LogP contribution in [-0.4, -0.2) is 18.2 Å². The van der Waals surface area contributed by atoms with Crippen molar-refractivity contribution in [3.05, 3.63) is 81.0 Å². The molecule has 4 heteroatoms. The van der Waals surface area contributed by atoms with E-state index in [0.717, 1.165) is 29.7 Å². The molecular formula is C24H25NO3. The first-order chi connectivity index (χ1) is 13.5. The minimum atomic E-state index is -0.467. The van der Waals surface area contributed by atoms with Crippen molar-refractivity contribution in [2.75, 3.05) is 18.0 Å². The van der Waals surface area contributed by atoms with Crippen molar-refractivity contribution in [1.29, 1.82) is 0 Å². The number of anilines is 1. The molecule has 0 unspecified atom stereocenters. The molecule has 0 bridgehead atoms. The van der Waals surface area contributed by atoms with E-state index in [9.17, 15) is 9.90 Å². The maximum Gasteiger partial charge on any atom is 0.344 e. The van der Waals surface area contributed by atoms with Crippen LogP contribution in [0.4, 0.5) is 5.69 Å². The van der Waals surface area contributed by atoms with Gasteiger partial charge in [-0.1, -0.05) is 42.5 Å². The molecule has 0 aliphatic rings. The Labute approximate surface area is 164 Å². The van der Waals surface area contributed by atoms with E-state index < -0.39 is 5.63 Å². The zero-order valence-corrected chi connectivity index (χ0v) is 16.5. The molecule has 1 heterocycles. The molecule has 0 fully saturated rings. The summed E-state index contributed by atoms with van der Waals surface area (Å²) in [5.41, 5.74) is 2.02. The molecule has 3 aromatic rings. The largest absolute Gasteiger partial charge is 0.512 e. The van der Waals surface area contributed by atoms with E-state index in [0.29, 0.717) is 16.0 Å². The third-order valence-electron chi connectivity index (χ3n) is 4.77. The Hall–Kier alpha value is -3.27. The zero-order valence-electron chi connectivity index (χ0n) is 16.5. The second kappa shape index (κ2) is 8.61. The second-order valence-corrected chi connectivity index (χ2v) is 6.55. The number of aliphatic hydroxyl groups is 1. The molecule has 4 nitrogen and oxygen atoms in total. The van der Waals surface area contributed by atoms with Crippen molar-refractivity contribution in [2.45, 2.75) is 20.8 Å². The van der Waals surface area contributed by atoms with Gasteiger partial charge in [-0.05, 0) is 44.5 Å². The van der Waals surface area contributed by atoms with Gasteiger partial charge in [-0.15, -0.1) is 0 Å². The number of rotatable bonds is 5. The highest BCUT2D eigenvalue weighted by molar-refractivity contribution is 5.82. The van der Waals surface area contributed by atoms with Crippen LogP contribution >= 0.6 is 0 Å². The van der Waals surface area contributed by atoms with Crippen LogP contribution in [0.2, 0.25) is 0 Å². The Morgan fingerprint density at radius 3 is 2.46 bits per heavy atom. The summed E-state index contributed by atoms with van der Waals surface area (Å²) >= 11 is 0. The van der Waals surface area contributed by atoms with Crippen LogP contribution in [0, 0.1) is 0 Å². The molecule has 0 saturated carbocycles. The highest BCUT2D eigenvalue weighted by atomic mass is 16.4. The molecule has 3 rings (SSSR count). The number of allylic oxidation sites excluding steroid dienone is 1. The predicted octanol–water partition coefficient (Wildman–Crippen LogP) is 3.82. The van der Waals surface area contributed by atoms with Gasteiger partial charge >= 0.3 is 5.63 Å². The van der Waals surface area contributed by atoms with Gasteiger partial charge in [0.05, 0.1) is 11.0 Å². The maximum absolute atomic E-state index is 12.7. The number of aliphatic hydroxyl groups excluding tert-OH is 1. The van der Waals surface area contributed by atoms with Gasteiger partial charge in [0.15, 0.2) is 0 Å². The average molecular weight is 375 g/mol.